The van der Waals surface area contributed by atoms with Gasteiger partial charge in [0, 0.05) is 30.3 Å². The average Bonchev–Trinajstić information content (AvgIpc) is 2.35. The van der Waals surface area contributed by atoms with E-state index in [2.05, 4.69) is 0 Å². The number of hydrogen-bond donors (Lipinski definition) is 0. The number of halogens is 1. The molecular weight excluding hydrogens is 252 g/mol. The lowest BCUT2D eigenvalue weighted by Crippen LogP contribution is -2.54. The molecule has 96 valence electrons. The largest absolute Gasteiger partial charge is 0.333 e. The number of carbonyl (C=O) groups excluding carboxylic acids is 2. The third-order valence-electron chi connectivity index (χ3n) is 2.92. The Kier molecular flexibility index (Phi) is 3.87. The van der Waals surface area contributed by atoms with E-state index < -0.39 is 11.8 Å². The van der Waals surface area contributed by atoms with Crippen molar-refractivity contribution < 1.29 is 9.59 Å². The predicted octanol–water partition coefficient (Wildman–Crippen LogP) is 1.93. The van der Waals surface area contributed by atoms with Crippen LogP contribution in [0, 0.1) is 0 Å². The average molecular weight is 267 g/mol. The number of anilines is 1. The summed E-state index contributed by atoms with van der Waals surface area (Å²) in [4.78, 5) is 27.0. The van der Waals surface area contributed by atoms with Crippen molar-refractivity contribution in [3.63, 3.8) is 0 Å². The standard InChI is InChI=1S/C13H15ClN2O2/c1-2-6-15-7-8-16(13(18)12(15)17)11-5-3-4-10(14)9-11/h3-5,9H,2,6-8H2,1H3. The highest BCUT2D eigenvalue weighted by Gasteiger charge is 2.32. The first kappa shape index (κ1) is 12.9. The lowest BCUT2D eigenvalue weighted by molar-refractivity contribution is -0.146. The molecule has 5 heteroatoms. The first-order valence-corrected chi connectivity index (χ1v) is 6.37. The molecule has 1 aliphatic rings. The molecule has 4 nitrogen and oxygen atoms in total. The Morgan fingerprint density at radius 1 is 1.22 bits per heavy atom. The number of hydrogen-bond acceptors (Lipinski definition) is 2. The summed E-state index contributed by atoms with van der Waals surface area (Å²) < 4.78 is 0. The molecule has 0 unspecified atom stereocenters. The van der Waals surface area contributed by atoms with Crippen LogP contribution in [0.2, 0.25) is 5.02 Å². The number of piperazine rings is 1. The Bertz CT molecular complexity index is 476. The fraction of sp³-hybridized carbons (Fsp3) is 0.385. The van der Waals surface area contributed by atoms with Crippen molar-refractivity contribution in [3.8, 4) is 0 Å². The molecule has 0 bridgehead atoms. The number of rotatable bonds is 3. The molecule has 0 atom stereocenters. The van der Waals surface area contributed by atoms with Gasteiger partial charge in [-0.05, 0) is 24.6 Å². The van der Waals surface area contributed by atoms with Gasteiger partial charge in [-0.15, -0.1) is 0 Å². The summed E-state index contributed by atoms with van der Waals surface area (Å²) >= 11 is 5.89. The van der Waals surface area contributed by atoms with Gasteiger partial charge in [-0.3, -0.25) is 9.59 Å². The van der Waals surface area contributed by atoms with E-state index in [-0.39, 0.29) is 0 Å². The molecule has 1 aromatic carbocycles. The molecule has 0 aliphatic carbocycles. The van der Waals surface area contributed by atoms with Gasteiger partial charge in [-0.1, -0.05) is 24.6 Å². The highest BCUT2D eigenvalue weighted by molar-refractivity contribution is 6.41. The highest BCUT2D eigenvalue weighted by atomic mass is 35.5. The maximum Gasteiger partial charge on any atom is 0.316 e. The smallest absolute Gasteiger partial charge is 0.316 e. The van der Waals surface area contributed by atoms with E-state index in [9.17, 15) is 9.59 Å². The van der Waals surface area contributed by atoms with Crippen molar-refractivity contribution in [2.24, 2.45) is 0 Å². The highest BCUT2D eigenvalue weighted by Crippen LogP contribution is 2.21. The van der Waals surface area contributed by atoms with E-state index >= 15 is 0 Å². The Morgan fingerprint density at radius 2 is 2.00 bits per heavy atom. The molecule has 1 heterocycles. The minimum Gasteiger partial charge on any atom is -0.333 e. The minimum atomic E-state index is -0.475. The van der Waals surface area contributed by atoms with Gasteiger partial charge >= 0.3 is 11.8 Å². The molecule has 2 rings (SSSR count). The second-order valence-corrected chi connectivity index (χ2v) is 4.67. The Hall–Kier alpha value is -1.55. The van der Waals surface area contributed by atoms with E-state index in [0.29, 0.717) is 30.3 Å². The molecule has 1 aliphatic heterocycles. The molecule has 1 aromatic rings. The van der Waals surface area contributed by atoms with Crippen molar-refractivity contribution in [2.45, 2.75) is 13.3 Å². The summed E-state index contributed by atoms with van der Waals surface area (Å²) in [6.45, 7) is 3.71. The maximum absolute atomic E-state index is 12.0. The van der Waals surface area contributed by atoms with Crippen LogP contribution < -0.4 is 4.90 Å². The van der Waals surface area contributed by atoms with Crippen molar-refractivity contribution >= 4 is 29.1 Å². The van der Waals surface area contributed by atoms with Crippen molar-refractivity contribution in [2.75, 3.05) is 24.5 Å². The summed E-state index contributed by atoms with van der Waals surface area (Å²) in [5.41, 5.74) is 0.678. The fourth-order valence-electron chi connectivity index (χ4n) is 2.05. The number of amides is 2. The molecule has 1 fully saturated rings. The molecular formula is C13H15ClN2O2. The molecule has 18 heavy (non-hydrogen) atoms. The second kappa shape index (κ2) is 5.40. The van der Waals surface area contributed by atoms with Crippen molar-refractivity contribution in [1.82, 2.24) is 4.90 Å². The summed E-state index contributed by atoms with van der Waals surface area (Å²) in [5, 5.41) is 0.559. The molecule has 0 radical (unpaired) electrons. The normalized spacial score (nSPS) is 16.3. The van der Waals surface area contributed by atoms with E-state index in [4.69, 9.17) is 11.6 Å². The fourth-order valence-corrected chi connectivity index (χ4v) is 2.23. The SMILES string of the molecule is CCCN1CCN(c2cccc(Cl)c2)C(=O)C1=O. The second-order valence-electron chi connectivity index (χ2n) is 4.23. The topological polar surface area (TPSA) is 40.6 Å². The molecule has 0 spiro atoms. The zero-order valence-electron chi connectivity index (χ0n) is 10.2. The van der Waals surface area contributed by atoms with Gasteiger partial charge in [0.15, 0.2) is 0 Å². The third-order valence-corrected chi connectivity index (χ3v) is 3.16. The lowest BCUT2D eigenvalue weighted by atomic mass is 10.2. The van der Waals surface area contributed by atoms with Gasteiger partial charge in [0.05, 0.1) is 0 Å². The summed E-state index contributed by atoms with van der Waals surface area (Å²) in [7, 11) is 0. The number of nitrogens with zero attached hydrogens (tertiary/aromatic N) is 2. The summed E-state index contributed by atoms with van der Waals surface area (Å²) in [6, 6.07) is 6.99. The Labute approximate surface area is 111 Å². The zero-order chi connectivity index (χ0) is 13.1. The van der Waals surface area contributed by atoms with Gasteiger partial charge in [0.25, 0.3) is 0 Å². The van der Waals surface area contributed by atoms with Gasteiger partial charge in [-0.25, -0.2) is 0 Å². The van der Waals surface area contributed by atoms with E-state index in [0.717, 1.165) is 6.42 Å². The lowest BCUT2D eigenvalue weighted by Gasteiger charge is -2.33. The minimum absolute atomic E-state index is 0.428. The summed E-state index contributed by atoms with van der Waals surface area (Å²) in [6.07, 6.45) is 0.857. The summed E-state index contributed by atoms with van der Waals surface area (Å²) in [5.74, 6) is -0.903. The molecule has 2 amide bonds. The molecule has 0 N–H and O–H groups in total. The van der Waals surface area contributed by atoms with Crippen LogP contribution in [0.25, 0.3) is 0 Å². The van der Waals surface area contributed by atoms with Crippen LogP contribution >= 0.6 is 11.6 Å². The Balaban J connectivity index is 2.18. The van der Waals surface area contributed by atoms with Gasteiger partial charge < -0.3 is 9.80 Å². The monoisotopic (exact) mass is 266 g/mol. The van der Waals surface area contributed by atoms with Crippen molar-refractivity contribution in [3.05, 3.63) is 29.3 Å². The maximum atomic E-state index is 12.0. The third kappa shape index (κ3) is 2.48. The van der Waals surface area contributed by atoms with Crippen molar-refractivity contribution in [1.29, 1.82) is 0 Å². The Morgan fingerprint density at radius 3 is 2.67 bits per heavy atom. The van der Waals surface area contributed by atoms with Gasteiger partial charge in [0.2, 0.25) is 0 Å². The van der Waals surface area contributed by atoms with Crippen LogP contribution in [-0.2, 0) is 9.59 Å². The van der Waals surface area contributed by atoms with Crippen LogP contribution in [0.3, 0.4) is 0 Å². The number of carbonyl (C=O) groups is 2. The first-order valence-electron chi connectivity index (χ1n) is 6.00. The van der Waals surface area contributed by atoms with Crippen LogP contribution in [0.15, 0.2) is 24.3 Å². The molecule has 0 aromatic heterocycles. The molecule has 1 saturated heterocycles. The zero-order valence-corrected chi connectivity index (χ0v) is 11.0. The van der Waals surface area contributed by atoms with Gasteiger partial charge in [-0.2, -0.15) is 0 Å². The predicted molar refractivity (Wildman–Crippen MR) is 70.7 cm³/mol. The van der Waals surface area contributed by atoms with Crippen LogP contribution in [0.4, 0.5) is 5.69 Å². The van der Waals surface area contributed by atoms with Crippen LogP contribution in [0.1, 0.15) is 13.3 Å². The number of benzene rings is 1. The van der Waals surface area contributed by atoms with Gasteiger partial charge in [0.1, 0.15) is 0 Å². The molecule has 0 saturated carbocycles. The first-order chi connectivity index (χ1) is 8.63. The van der Waals surface area contributed by atoms with E-state index in [1.54, 1.807) is 29.2 Å². The quantitative estimate of drug-likeness (QED) is 0.785. The van der Waals surface area contributed by atoms with Crippen LogP contribution in [0.5, 0.6) is 0 Å². The van der Waals surface area contributed by atoms with E-state index in [1.165, 1.54) is 4.90 Å². The van der Waals surface area contributed by atoms with E-state index in [1.807, 2.05) is 6.92 Å². The van der Waals surface area contributed by atoms with Crippen LogP contribution in [-0.4, -0.2) is 36.3 Å².